The fourth-order valence-corrected chi connectivity index (χ4v) is 0.928. The minimum atomic E-state index is -0.346. The number of hydrogen-bond acceptors (Lipinski definition) is 3. The number of halogens is 1. The third kappa shape index (κ3) is 3.41. The molecule has 0 unspecified atom stereocenters. The summed E-state index contributed by atoms with van der Waals surface area (Å²) >= 11 is 5.48. The molecule has 1 N–H and O–H groups in total. The first-order valence-corrected chi connectivity index (χ1v) is 4.49. The van der Waals surface area contributed by atoms with E-state index in [2.05, 4.69) is 16.9 Å². The Labute approximate surface area is 92.2 Å². The molecule has 1 heterocycles. The first-order chi connectivity index (χ1) is 7.13. The van der Waals surface area contributed by atoms with Gasteiger partial charge in [-0.05, 0) is 12.1 Å². The zero-order valence-electron chi connectivity index (χ0n) is 7.83. The summed E-state index contributed by atoms with van der Waals surface area (Å²) in [5.74, 6) is -0.346. The molecule has 1 aromatic rings. The van der Waals surface area contributed by atoms with Gasteiger partial charge in [0.15, 0.2) is 0 Å². The van der Waals surface area contributed by atoms with E-state index in [-0.39, 0.29) is 18.1 Å². The van der Waals surface area contributed by atoms with Crippen LogP contribution in [-0.2, 0) is 0 Å². The summed E-state index contributed by atoms with van der Waals surface area (Å²) in [6.07, 6.45) is 1.34. The van der Waals surface area contributed by atoms with Gasteiger partial charge in [-0.25, -0.2) is 4.98 Å². The number of nitrogens with one attached hydrogen (secondary N) is 1. The quantitative estimate of drug-likeness (QED) is 0.840. The summed E-state index contributed by atoms with van der Waals surface area (Å²) in [6, 6.07) is 4.92. The Hall–Kier alpha value is -1.86. The Balaban J connectivity index is 2.67. The number of carbonyl (C=O) groups excluding carboxylic acids is 1. The molecule has 0 fully saturated rings. The standard InChI is InChI=1S/C10H8ClN3O/c1-7(11)5-14-10(15)9-3-2-8(4-12)6-13-9/h2-3,6H,1,5H2,(H,14,15). The summed E-state index contributed by atoms with van der Waals surface area (Å²) in [7, 11) is 0. The number of hydrogen-bond donors (Lipinski definition) is 1. The molecule has 0 aromatic carbocycles. The van der Waals surface area contributed by atoms with Crippen molar-refractivity contribution in [1.82, 2.24) is 10.3 Å². The van der Waals surface area contributed by atoms with Crippen LogP contribution in [0, 0.1) is 11.3 Å². The van der Waals surface area contributed by atoms with Crippen LogP contribution in [0.1, 0.15) is 16.1 Å². The van der Waals surface area contributed by atoms with Crippen molar-refractivity contribution < 1.29 is 4.79 Å². The van der Waals surface area contributed by atoms with Gasteiger partial charge in [0.05, 0.1) is 12.1 Å². The average Bonchev–Trinajstić information content (AvgIpc) is 2.26. The maximum Gasteiger partial charge on any atom is 0.270 e. The van der Waals surface area contributed by atoms with Crippen LogP contribution in [0.15, 0.2) is 29.9 Å². The monoisotopic (exact) mass is 221 g/mol. The maximum absolute atomic E-state index is 11.4. The van der Waals surface area contributed by atoms with E-state index in [1.54, 1.807) is 0 Å². The van der Waals surface area contributed by atoms with E-state index in [1.807, 2.05) is 6.07 Å². The summed E-state index contributed by atoms with van der Waals surface area (Å²) in [5, 5.41) is 11.4. The van der Waals surface area contributed by atoms with Crippen molar-refractivity contribution in [3.8, 4) is 6.07 Å². The second-order valence-corrected chi connectivity index (χ2v) is 3.28. The zero-order valence-corrected chi connectivity index (χ0v) is 8.58. The molecule has 0 bridgehead atoms. The summed E-state index contributed by atoms with van der Waals surface area (Å²) in [4.78, 5) is 15.2. The molecule has 76 valence electrons. The minimum Gasteiger partial charge on any atom is -0.346 e. The molecule has 0 aliphatic carbocycles. The van der Waals surface area contributed by atoms with Gasteiger partial charge in [-0.15, -0.1) is 0 Å². The van der Waals surface area contributed by atoms with E-state index >= 15 is 0 Å². The van der Waals surface area contributed by atoms with Gasteiger partial charge < -0.3 is 5.32 Å². The van der Waals surface area contributed by atoms with Gasteiger partial charge in [0.2, 0.25) is 0 Å². The second-order valence-electron chi connectivity index (χ2n) is 2.74. The average molecular weight is 222 g/mol. The predicted molar refractivity (Wildman–Crippen MR) is 56.3 cm³/mol. The molecule has 5 heteroatoms. The normalized spacial score (nSPS) is 9.07. The fraction of sp³-hybridized carbons (Fsp3) is 0.100. The highest BCUT2D eigenvalue weighted by Crippen LogP contribution is 1.99. The van der Waals surface area contributed by atoms with Gasteiger partial charge in [-0.1, -0.05) is 18.2 Å². The third-order valence-electron chi connectivity index (χ3n) is 1.57. The molecule has 1 amide bonds. The number of aromatic nitrogens is 1. The van der Waals surface area contributed by atoms with Crippen LogP contribution < -0.4 is 5.32 Å². The molecule has 1 aromatic heterocycles. The van der Waals surface area contributed by atoms with E-state index in [0.29, 0.717) is 10.6 Å². The van der Waals surface area contributed by atoms with Crippen molar-refractivity contribution in [3.05, 3.63) is 41.2 Å². The molecule has 0 spiro atoms. The number of nitriles is 1. The van der Waals surface area contributed by atoms with Crippen molar-refractivity contribution in [2.24, 2.45) is 0 Å². The lowest BCUT2D eigenvalue weighted by atomic mass is 10.2. The summed E-state index contributed by atoms with van der Waals surface area (Å²) < 4.78 is 0. The Kier molecular flexibility index (Phi) is 3.83. The number of rotatable bonds is 3. The van der Waals surface area contributed by atoms with Crippen LogP contribution in [0.2, 0.25) is 0 Å². The summed E-state index contributed by atoms with van der Waals surface area (Å²) in [6.45, 7) is 3.63. The van der Waals surface area contributed by atoms with Crippen molar-refractivity contribution in [2.45, 2.75) is 0 Å². The number of amides is 1. The molecule has 0 radical (unpaired) electrons. The Morgan fingerprint density at radius 3 is 2.87 bits per heavy atom. The Morgan fingerprint density at radius 1 is 1.67 bits per heavy atom. The lowest BCUT2D eigenvalue weighted by Gasteiger charge is -2.02. The van der Waals surface area contributed by atoms with Crippen molar-refractivity contribution in [2.75, 3.05) is 6.54 Å². The highest BCUT2D eigenvalue weighted by molar-refractivity contribution is 6.29. The van der Waals surface area contributed by atoms with Crippen LogP contribution in [0.4, 0.5) is 0 Å². The van der Waals surface area contributed by atoms with Gasteiger partial charge in [0.1, 0.15) is 11.8 Å². The van der Waals surface area contributed by atoms with Gasteiger partial charge in [0.25, 0.3) is 5.91 Å². The molecule has 0 aliphatic heterocycles. The topological polar surface area (TPSA) is 65.8 Å². The Morgan fingerprint density at radius 2 is 2.40 bits per heavy atom. The van der Waals surface area contributed by atoms with Crippen molar-refractivity contribution in [3.63, 3.8) is 0 Å². The molecule has 0 atom stereocenters. The van der Waals surface area contributed by atoms with E-state index in [4.69, 9.17) is 16.9 Å². The Bertz CT molecular complexity index is 419. The van der Waals surface area contributed by atoms with E-state index in [9.17, 15) is 4.79 Å². The van der Waals surface area contributed by atoms with Gasteiger partial charge >= 0.3 is 0 Å². The minimum absolute atomic E-state index is 0.196. The predicted octanol–water partition coefficient (Wildman–Crippen LogP) is 1.44. The SMILES string of the molecule is C=C(Cl)CNC(=O)c1ccc(C#N)cn1. The van der Waals surface area contributed by atoms with Crippen molar-refractivity contribution in [1.29, 1.82) is 5.26 Å². The van der Waals surface area contributed by atoms with E-state index in [1.165, 1.54) is 18.3 Å². The van der Waals surface area contributed by atoms with Crippen LogP contribution in [-0.4, -0.2) is 17.4 Å². The molecule has 0 saturated heterocycles. The van der Waals surface area contributed by atoms with Crippen LogP contribution in [0.3, 0.4) is 0 Å². The smallest absolute Gasteiger partial charge is 0.270 e. The van der Waals surface area contributed by atoms with Crippen LogP contribution >= 0.6 is 11.6 Å². The van der Waals surface area contributed by atoms with Gasteiger partial charge in [0, 0.05) is 11.2 Å². The van der Waals surface area contributed by atoms with E-state index in [0.717, 1.165) is 0 Å². The first-order valence-electron chi connectivity index (χ1n) is 4.11. The second kappa shape index (κ2) is 5.13. The van der Waals surface area contributed by atoms with Crippen LogP contribution in [0.25, 0.3) is 0 Å². The summed E-state index contributed by atoms with van der Waals surface area (Å²) in [5.41, 5.74) is 0.653. The highest BCUT2D eigenvalue weighted by Gasteiger charge is 2.06. The van der Waals surface area contributed by atoms with Gasteiger partial charge in [-0.2, -0.15) is 5.26 Å². The first kappa shape index (κ1) is 11.2. The lowest BCUT2D eigenvalue weighted by Crippen LogP contribution is -2.25. The third-order valence-corrected chi connectivity index (χ3v) is 1.70. The van der Waals surface area contributed by atoms with Crippen LogP contribution in [0.5, 0.6) is 0 Å². The largest absolute Gasteiger partial charge is 0.346 e. The van der Waals surface area contributed by atoms with Gasteiger partial charge in [-0.3, -0.25) is 4.79 Å². The lowest BCUT2D eigenvalue weighted by molar-refractivity contribution is 0.0952. The highest BCUT2D eigenvalue weighted by atomic mass is 35.5. The number of pyridine rings is 1. The molecule has 0 saturated carbocycles. The number of carbonyl (C=O) groups is 1. The zero-order chi connectivity index (χ0) is 11.3. The van der Waals surface area contributed by atoms with E-state index < -0.39 is 0 Å². The van der Waals surface area contributed by atoms with Crippen molar-refractivity contribution >= 4 is 17.5 Å². The molecule has 1 rings (SSSR count). The molecular formula is C10H8ClN3O. The fourth-order valence-electron chi connectivity index (χ4n) is 0.861. The molecule has 15 heavy (non-hydrogen) atoms. The molecular weight excluding hydrogens is 214 g/mol. The number of nitrogens with zero attached hydrogens (tertiary/aromatic N) is 2. The molecule has 4 nitrogen and oxygen atoms in total. The molecule has 0 aliphatic rings. The maximum atomic E-state index is 11.4.